The second-order valence-corrected chi connectivity index (χ2v) is 3.91. The van der Waals surface area contributed by atoms with E-state index >= 15 is 0 Å². The standard InChI is InChI=1S/C10H7BrF2N2/c11-7-3-8(12)10-6(9(7)13)2-1-5(4-14)15-10/h1-3H,4,14H2. The van der Waals surface area contributed by atoms with Gasteiger partial charge in [-0.15, -0.1) is 0 Å². The van der Waals surface area contributed by atoms with E-state index in [-0.39, 0.29) is 21.9 Å². The molecular formula is C10H7BrF2N2. The molecule has 0 atom stereocenters. The second kappa shape index (κ2) is 3.83. The van der Waals surface area contributed by atoms with Crippen LogP contribution in [0.15, 0.2) is 22.7 Å². The molecule has 2 nitrogen and oxygen atoms in total. The van der Waals surface area contributed by atoms with E-state index in [1.54, 1.807) is 6.07 Å². The minimum absolute atomic E-state index is 0.0126. The average Bonchev–Trinajstić information content (AvgIpc) is 2.25. The predicted octanol–water partition coefficient (Wildman–Crippen LogP) is 2.73. The highest BCUT2D eigenvalue weighted by atomic mass is 79.9. The number of benzene rings is 1. The first-order chi connectivity index (χ1) is 7.13. The molecule has 0 aliphatic carbocycles. The Labute approximate surface area is 93.2 Å². The summed E-state index contributed by atoms with van der Waals surface area (Å²) in [6, 6.07) is 4.12. The lowest BCUT2D eigenvalue weighted by Gasteiger charge is -2.04. The summed E-state index contributed by atoms with van der Waals surface area (Å²) in [5.74, 6) is -1.07. The van der Waals surface area contributed by atoms with Gasteiger partial charge >= 0.3 is 0 Å². The number of nitrogens with zero attached hydrogens (tertiary/aromatic N) is 1. The van der Waals surface area contributed by atoms with Crippen LogP contribution in [0.2, 0.25) is 0 Å². The molecule has 0 fully saturated rings. The van der Waals surface area contributed by atoms with Crippen molar-refractivity contribution in [1.82, 2.24) is 4.98 Å². The molecule has 0 spiro atoms. The SMILES string of the molecule is NCc1ccc2c(F)c(Br)cc(F)c2n1. The van der Waals surface area contributed by atoms with Gasteiger partial charge in [-0.25, -0.2) is 13.8 Å². The zero-order valence-electron chi connectivity index (χ0n) is 7.60. The van der Waals surface area contributed by atoms with E-state index in [9.17, 15) is 8.78 Å². The first kappa shape index (κ1) is 10.4. The van der Waals surface area contributed by atoms with Crippen molar-refractivity contribution in [2.75, 3.05) is 0 Å². The van der Waals surface area contributed by atoms with Crippen molar-refractivity contribution >= 4 is 26.8 Å². The highest BCUT2D eigenvalue weighted by Crippen LogP contribution is 2.26. The molecule has 1 aromatic heterocycles. The van der Waals surface area contributed by atoms with E-state index in [0.29, 0.717) is 5.69 Å². The second-order valence-electron chi connectivity index (χ2n) is 3.06. The maximum absolute atomic E-state index is 13.5. The van der Waals surface area contributed by atoms with E-state index in [1.807, 2.05) is 0 Å². The van der Waals surface area contributed by atoms with Crippen molar-refractivity contribution < 1.29 is 8.78 Å². The van der Waals surface area contributed by atoms with Gasteiger partial charge in [-0.05, 0) is 34.1 Å². The summed E-state index contributed by atoms with van der Waals surface area (Å²) < 4.78 is 27.1. The Balaban J connectivity index is 2.84. The monoisotopic (exact) mass is 272 g/mol. The number of fused-ring (bicyclic) bond motifs is 1. The van der Waals surface area contributed by atoms with Crippen LogP contribution < -0.4 is 5.73 Å². The fourth-order valence-electron chi connectivity index (χ4n) is 1.34. The molecule has 1 aromatic carbocycles. The number of aromatic nitrogens is 1. The molecule has 2 N–H and O–H groups in total. The van der Waals surface area contributed by atoms with Gasteiger partial charge in [0.25, 0.3) is 0 Å². The summed E-state index contributed by atoms with van der Waals surface area (Å²) in [5, 5.41) is 0.152. The third-order valence-corrected chi connectivity index (χ3v) is 2.66. The fraction of sp³-hybridized carbons (Fsp3) is 0.100. The Morgan fingerprint density at radius 2 is 2.07 bits per heavy atom. The van der Waals surface area contributed by atoms with Gasteiger partial charge in [0.2, 0.25) is 0 Å². The average molecular weight is 273 g/mol. The maximum Gasteiger partial charge on any atom is 0.150 e. The van der Waals surface area contributed by atoms with Crippen LogP contribution in [-0.4, -0.2) is 4.98 Å². The molecule has 0 unspecified atom stereocenters. The van der Waals surface area contributed by atoms with Crippen LogP contribution in [0.4, 0.5) is 8.78 Å². The van der Waals surface area contributed by atoms with Gasteiger partial charge in [0.15, 0.2) is 5.82 Å². The van der Waals surface area contributed by atoms with Gasteiger partial charge < -0.3 is 5.73 Å². The molecule has 0 saturated heterocycles. The predicted molar refractivity (Wildman–Crippen MR) is 57.3 cm³/mol. The van der Waals surface area contributed by atoms with E-state index in [2.05, 4.69) is 20.9 Å². The number of pyridine rings is 1. The highest BCUT2D eigenvalue weighted by molar-refractivity contribution is 9.10. The third-order valence-electron chi connectivity index (χ3n) is 2.09. The largest absolute Gasteiger partial charge is 0.325 e. The minimum atomic E-state index is -0.562. The van der Waals surface area contributed by atoms with Crippen molar-refractivity contribution in [3.63, 3.8) is 0 Å². The summed E-state index contributed by atoms with van der Waals surface area (Å²) in [6.07, 6.45) is 0. The summed E-state index contributed by atoms with van der Waals surface area (Å²) in [6.45, 7) is 0.201. The van der Waals surface area contributed by atoms with Crippen molar-refractivity contribution in [3.8, 4) is 0 Å². The lowest BCUT2D eigenvalue weighted by molar-refractivity contribution is 0.609. The van der Waals surface area contributed by atoms with Crippen LogP contribution in [0.3, 0.4) is 0 Å². The number of halogens is 3. The molecule has 2 rings (SSSR count). The highest BCUT2D eigenvalue weighted by Gasteiger charge is 2.11. The first-order valence-corrected chi connectivity index (χ1v) is 5.06. The summed E-state index contributed by atoms with van der Waals surface area (Å²) in [5.41, 5.74) is 5.91. The smallest absolute Gasteiger partial charge is 0.150 e. The van der Waals surface area contributed by atoms with E-state index in [0.717, 1.165) is 6.07 Å². The molecule has 0 aliphatic rings. The van der Waals surface area contributed by atoms with Gasteiger partial charge in [0.05, 0.1) is 10.2 Å². The van der Waals surface area contributed by atoms with Gasteiger partial charge in [-0.3, -0.25) is 0 Å². The van der Waals surface area contributed by atoms with Crippen molar-refractivity contribution in [3.05, 3.63) is 40.0 Å². The van der Waals surface area contributed by atoms with E-state index in [4.69, 9.17) is 5.73 Å². The Morgan fingerprint density at radius 1 is 1.33 bits per heavy atom. The Morgan fingerprint density at radius 3 is 2.73 bits per heavy atom. The van der Waals surface area contributed by atoms with Crippen molar-refractivity contribution in [2.24, 2.45) is 5.73 Å². The number of hydrogen-bond acceptors (Lipinski definition) is 2. The summed E-state index contributed by atoms with van der Waals surface area (Å²) >= 11 is 2.94. The quantitative estimate of drug-likeness (QED) is 0.811. The zero-order valence-corrected chi connectivity index (χ0v) is 9.18. The van der Waals surface area contributed by atoms with Gasteiger partial charge in [-0.2, -0.15) is 0 Å². The van der Waals surface area contributed by atoms with Crippen LogP contribution in [0.5, 0.6) is 0 Å². The molecule has 0 amide bonds. The minimum Gasteiger partial charge on any atom is -0.325 e. The molecule has 0 bridgehead atoms. The molecule has 0 radical (unpaired) electrons. The molecule has 1 heterocycles. The third kappa shape index (κ3) is 1.72. The molecule has 78 valence electrons. The van der Waals surface area contributed by atoms with E-state index in [1.165, 1.54) is 6.07 Å². The van der Waals surface area contributed by atoms with Gasteiger partial charge in [-0.1, -0.05) is 0 Å². The maximum atomic E-state index is 13.5. The topological polar surface area (TPSA) is 38.9 Å². The Kier molecular flexibility index (Phi) is 2.67. The molecule has 0 saturated carbocycles. The Hall–Kier alpha value is -1.07. The van der Waals surface area contributed by atoms with Crippen LogP contribution in [0, 0.1) is 11.6 Å². The summed E-state index contributed by atoms with van der Waals surface area (Å²) in [7, 11) is 0. The van der Waals surface area contributed by atoms with Gasteiger partial charge in [0, 0.05) is 11.9 Å². The number of hydrogen-bond donors (Lipinski definition) is 1. The van der Waals surface area contributed by atoms with Crippen LogP contribution in [-0.2, 0) is 6.54 Å². The number of nitrogens with two attached hydrogens (primary N) is 1. The first-order valence-electron chi connectivity index (χ1n) is 4.26. The van der Waals surface area contributed by atoms with Crippen LogP contribution in [0.1, 0.15) is 5.69 Å². The molecule has 0 aliphatic heterocycles. The molecule has 5 heteroatoms. The Bertz CT molecular complexity index is 528. The lowest BCUT2D eigenvalue weighted by Crippen LogP contribution is -2.00. The fourth-order valence-corrected chi connectivity index (χ4v) is 1.76. The molecular weight excluding hydrogens is 266 g/mol. The molecule has 15 heavy (non-hydrogen) atoms. The van der Waals surface area contributed by atoms with Crippen LogP contribution >= 0.6 is 15.9 Å². The normalized spacial score (nSPS) is 10.9. The van der Waals surface area contributed by atoms with Gasteiger partial charge in [0.1, 0.15) is 11.3 Å². The van der Waals surface area contributed by atoms with Crippen molar-refractivity contribution in [2.45, 2.75) is 6.54 Å². The summed E-state index contributed by atoms with van der Waals surface area (Å²) in [4.78, 5) is 3.93. The lowest BCUT2D eigenvalue weighted by atomic mass is 10.2. The molecule has 2 aromatic rings. The van der Waals surface area contributed by atoms with Crippen LogP contribution in [0.25, 0.3) is 10.9 Å². The van der Waals surface area contributed by atoms with E-state index < -0.39 is 11.6 Å². The zero-order chi connectivity index (χ0) is 11.0. The van der Waals surface area contributed by atoms with Crippen molar-refractivity contribution in [1.29, 1.82) is 0 Å². The number of rotatable bonds is 1.